The average Bonchev–Trinajstić information content (AvgIpc) is 3.10. The van der Waals surface area contributed by atoms with Crippen LogP contribution in [0.15, 0.2) is 48.5 Å². The van der Waals surface area contributed by atoms with Crippen LogP contribution in [0.1, 0.15) is 45.2 Å². The highest BCUT2D eigenvalue weighted by Gasteiger charge is 2.28. The number of Topliss-reactive ketones (excluding diaryl/α,β-unsaturated/α-hetero) is 1. The van der Waals surface area contributed by atoms with Crippen LogP contribution in [0.5, 0.6) is 0 Å². The lowest BCUT2D eigenvalue weighted by molar-refractivity contribution is 0.0781. The number of benzene rings is 2. The molecule has 3 rings (SSSR count). The smallest absolute Gasteiger partial charge is 0.254 e. The van der Waals surface area contributed by atoms with Gasteiger partial charge in [0, 0.05) is 18.7 Å². The molecule has 4 heteroatoms. The first-order valence-electron chi connectivity index (χ1n) is 8.66. The molecular formula is C21H23NO3. The molecule has 130 valence electrons. The fourth-order valence-electron chi connectivity index (χ4n) is 3.44. The highest BCUT2D eigenvalue weighted by atomic mass is 16.3. The van der Waals surface area contributed by atoms with Crippen molar-refractivity contribution in [3.63, 3.8) is 0 Å². The second-order valence-corrected chi connectivity index (χ2v) is 6.69. The molecule has 25 heavy (non-hydrogen) atoms. The largest absolute Gasteiger partial charge is 0.392 e. The molecule has 1 aliphatic heterocycles. The Balaban J connectivity index is 1.66. The molecule has 1 atom stereocenters. The highest BCUT2D eigenvalue weighted by Crippen LogP contribution is 2.24. The van der Waals surface area contributed by atoms with Crippen LogP contribution in [0.3, 0.4) is 0 Å². The maximum Gasteiger partial charge on any atom is 0.254 e. The van der Waals surface area contributed by atoms with Gasteiger partial charge in [0.15, 0.2) is 5.78 Å². The zero-order valence-corrected chi connectivity index (χ0v) is 14.4. The van der Waals surface area contributed by atoms with Crippen molar-refractivity contribution in [3.05, 3.63) is 70.8 Å². The van der Waals surface area contributed by atoms with E-state index in [2.05, 4.69) is 0 Å². The lowest BCUT2D eigenvalue weighted by Gasteiger charge is -2.18. The van der Waals surface area contributed by atoms with Crippen molar-refractivity contribution in [2.24, 2.45) is 5.92 Å². The van der Waals surface area contributed by atoms with Crippen LogP contribution in [-0.4, -0.2) is 34.8 Å². The standard InChI is InChI=1S/C21H23NO3/c1-15(24)19-4-2-3-5-20(19)21(25)22-11-10-18(13-22)12-16-6-8-17(14-23)9-7-16/h2-9,18,23H,10-14H2,1H3. The van der Waals surface area contributed by atoms with E-state index >= 15 is 0 Å². The quantitative estimate of drug-likeness (QED) is 0.853. The first-order chi connectivity index (χ1) is 12.1. The lowest BCUT2D eigenvalue weighted by Crippen LogP contribution is -2.30. The number of hydrogen-bond acceptors (Lipinski definition) is 3. The number of rotatable bonds is 5. The Kier molecular flexibility index (Phi) is 5.29. The van der Waals surface area contributed by atoms with Gasteiger partial charge >= 0.3 is 0 Å². The van der Waals surface area contributed by atoms with Crippen LogP contribution in [-0.2, 0) is 13.0 Å². The molecule has 1 aliphatic rings. The van der Waals surface area contributed by atoms with E-state index in [0.29, 0.717) is 23.6 Å². The van der Waals surface area contributed by atoms with Crippen molar-refractivity contribution in [3.8, 4) is 0 Å². The van der Waals surface area contributed by atoms with E-state index in [4.69, 9.17) is 5.11 Å². The summed E-state index contributed by atoms with van der Waals surface area (Å²) in [6.07, 6.45) is 1.89. The summed E-state index contributed by atoms with van der Waals surface area (Å²) in [6.45, 7) is 2.99. The third-order valence-corrected chi connectivity index (χ3v) is 4.84. The Morgan fingerprint density at radius 3 is 2.32 bits per heavy atom. The Bertz CT molecular complexity index is 767. The molecule has 0 saturated carbocycles. The first kappa shape index (κ1) is 17.4. The number of likely N-dealkylation sites (tertiary alicyclic amines) is 1. The number of hydrogen-bond donors (Lipinski definition) is 1. The van der Waals surface area contributed by atoms with Gasteiger partial charge in [-0.3, -0.25) is 9.59 Å². The van der Waals surface area contributed by atoms with Crippen molar-refractivity contribution in [2.75, 3.05) is 13.1 Å². The van der Waals surface area contributed by atoms with E-state index in [1.807, 2.05) is 29.2 Å². The van der Waals surface area contributed by atoms with Gasteiger partial charge in [0.05, 0.1) is 12.2 Å². The predicted octanol–water partition coefficient (Wildman–Crippen LogP) is 3.09. The van der Waals surface area contributed by atoms with Crippen LogP contribution >= 0.6 is 0 Å². The van der Waals surface area contributed by atoms with Crippen LogP contribution in [0.25, 0.3) is 0 Å². The monoisotopic (exact) mass is 337 g/mol. The zero-order valence-electron chi connectivity index (χ0n) is 14.4. The predicted molar refractivity (Wildman–Crippen MR) is 96.5 cm³/mol. The Morgan fingerprint density at radius 1 is 1.04 bits per heavy atom. The number of ketones is 1. The van der Waals surface area contributed by atoms with E-state index in [-0.39, 0.29) is 18.3 Å². The van der Waals surface area contributed by atoms with Gasteiger partial charge in [-0.05, 0) is 42.9 Å². The number of carbonyl (C=O) groups excluding carboxylic acids is 2. The summed E-state index contributed by atoms with van der Waals surface area (Å²) in [6, 6.07) is 15.0. The number of carbonyl (C=O) groups is 2. The van der Waals surface area contributed by atoms with Crippen LogP contribution in [0, 0.1) is 5.92 Å². The number of nitrogens with zero attached hydrogens (tertiary/aromatic N) is 1. The number of aliphatic hydroxyl groups is 1. The first-order valence-corrected chi connectivity index (χ1v) is 8.66. The van der Waals surface area contributed by atoms with Gasteiger partial charge in [-0.15, -0.1) is 0 Å². The Hall–Kier alpha value is -2.46. The van der Waals surface area contributed by atoms with Crippen molar-refractivity contribution in [2.45, 2.75) is 26.4 Å². The minimum atomic E-state index is -0.0799. The summed E-state index contributed by atoms with van der Waals surface area (Å²) in [4.78, 5) is 26.4. The summed E-state index contributed by atoms with van der Waals surface area (Å²) < 4.78 is 0. The highest BCUT2D eigenvalue weighted by molar-refractivity contribution is 6.07. The molecule has 1 fully saturated rings. The molecule has 1 amide bonds. The molecule has 1 N–H and O–H groups in total. The van der Waals surface area contributed by atoms with Gasteiger partial charge in [-0.1, -0.05) is 42.5 Å². The van der Waals surface area contributed by atoms with Gasteiger partial charge in [-0.25, -0.2) is 0 Å². The molecule has 2 aromatic rings. The molecule has 0 aliphatic carbocycles. The molecule has 0 radical (unpaired) electrons. The van der Waals surface area contributed by atoms with Crippen LogP contribution < -0.4 is 0 Å². The summed E-state index contributed by atoms with van der Waals surface area (Å²) in [5, 5.41) is 9.11. The fourth-order valence-corrected chi connectivity index (χ4v) is 3.44. The maximum absolute atomic E-state index is 12.8. The molecule has 0 bridgehead atoms. The molecule has 0 aromatic heterocycles. The van der Waals surface area contributed by atoms with E-state index in [1.165, 1.54) is 12.5 Å². The van der Waals surface area contributed by atoms with E-state index < -0.39 is 0 Å². The second-order valence-electron chi connectivity index (χ2n) is 6.69. The zero-order chi connectivity index (χ0) is 17.8. The molecular weight excluding hydrogens is 314 g/mol. The topological polar surface area (TPSA) is 57.6 Å². The summed E-state index contributed by atoms with van der Waals surface area (Å²) in [5.41, 5.74) is 3.13. The Labute approximate surface area is 148 Å². The second kappa shape index (κ2) is 7.62. The molecule has 1 saturated heterocycles. The van der Waals surface area contributed by atoms with Crippen molar-refractivity contribution >= 4 is 11.7 Å². The van der Waals surface area contributed by atoms with Crippen molar-refractivity contribution in [1.82, 2.24) is 4.90 Å². The third-order valence-electron chi connectivity index (χ3n) is 4.84. The summed E-state index contributed by atoms with van der Waals surface area (Å²) in [5.74, 6) is 0.293. The van der Waals surface area contributed by atoms with Gasteiger partial charge in [0.25, 0.3) is 5.91 Å². The van der Waals surface area contributed by atoms with Gasteiger partial charge < -0.3 is 10.0 Å². The maximum atomic E-state index is 12.8. The molecule has 0 spiro atoms. The molecule has 2 aromatic carbocycles. The average molecular weight is 337 g/mol. The van der Waals surface area contributed by atoms with Gasteiger partial charge in [0.1, 0.15) is 0 Å². The van der Waals surface area contributed by atoms with Crippen LogP contribution in [0.2, 0.25) is 0 Å². The normalized spacial score (nSPS) is 16.9. The lowest BCUT2D eigenvalue weighted by atomic mass is 9.98. The van der Waals surface area contributed by atoms with Crippen LogP contribution in [0.4, 0.5) is 0 Å². The van der Waals surface area contributed by atoms with Gasteiger partial charge in [-0.2, -0.15) is 0 Å². The molecule has 1 unspecified atom stereocenters. The van der Waals surface area contributed by atoms with E-state index in [0.717, 1.165) is 24.9 Å². The van der Waals surface area contributed by atoms with Gasteiger partial charge in [0.2, 0.25) is 0 Å². The summed E-state index contributed by atoms with van der Waals surface area (Å²) >= 11 is 0. The fraction of sp³-hybridized carbons (Fsp3) is 0.333. The number of amides is 1. The SMILES string of the molecule is CC(=O)c1ccccc1C(=O)N1CCC(Cc2ccc(CO)cc2)C1. The minimum absolute atomic E-state index is 0.0519. The molecule has 4 nitrogen and oxygen atoms in total. The minimum Gasteiger partial charge on any atom is -0.392 e. The van der Waals surface area contributed by atoms with E-state index in [9.17, 15) is 9.59 Å². The number of aliphatic hydroxyl groups excluding tert-OH is 1. The molecule has 1 heterocycles. The third kappa shape index (κ3) is 3.97. The van der Waals surface area contributed by atoms with E-state index in [1.54, 1.807) is 24.3 Å². The Morgan fingerprint density at radius 2 is 1.68 bits per heavy atom. The summed E-state index contributed by atoms with van der Waals surface area (Å²) in [7, 11) is 0. The van der Waals surface area contributed by atoms with Crippen molar-refractivity contribution < 1.29 is 14.7 Å². The van der Waals surface area contributed by atoms with Crippen molar-refractivity contribution in [1.29, 1.82) is 0 Å².